The average molecular weight is 404 g/mol. The van der Waals surface area contributed by atoms with Crippen LogP contribution in [0.2, 0.25) is 10.0 Å². The molecule has 0 bridgehead atoms. The molecule has 1 fully saturated rings. The lowest BCUT2D eigenvalue weighted by Gasteiger charge is -2.15. The molecular weight excluding hydrogens is 383 g/mol. The molecule has 0 saturated carbocycles. The molecular formula is C18H21Cl3N2O2. The van der Waals surface area contributed by atoms with E-state index in [1.54, 1.807) is 18.2 Å². The summed E-state index contributed by atoms with van der Waals surface area (Å²) in [5.41, 5.74) is 0.794. The van der Waals surface area contributed by atoms with Gasteiger partial charge in [0.05, 0.1) is 11.6 Å². The van der Waals surface area contributed by atoms with Crippen LogP contribution in [-0.4, -0.2) is 30.4 Å². The lowest BCUT2D eigenvalue weighted by Crippen LogP contribution is -2.28. The fraction of sp³-hybridized carbons (Fsp3) is 0.389. The van der Waals surface area contributed by atoms with Gasteiger partial charge in [0, 0.05) is 30.1 Å². The number of nitrogens with one attached hydrogen (secondary N) is 1. The van der Waals surface area contributed by atoms with Gasteiger partial charge in [-0.25, -0.2) is 0 Å². The van der Waals surface area contributed by atoms with Crippen molar-refractivity contribution in [3.05, 3.63) is 46.1 Å². The van der Waals surface area contributed by atoms with Gasteiger partial charge in [-0.05, 0) is 49.7 Å². The van der Waals surface area contributed by atoms with E-state index in [2.05, 4.69) is 5.32 Å². The van der Waals surface area contributed by atoms with Crippen molar-refractivity contribution in [2.24, 2.45) is 0 Å². The molecule has 1 aliphatic heterocycles. The van der Waals surface area contributed by atoms with Crippen LogP contribution in [0.1, 0.15) is 25.0 Å². The Morgan fingerprint density at radius 1 is 1.20 bits per heavy atom. The zero-order chi connectivity index (χ0) is 16.9. The number of hydrogen-bond donors (Lipinski definition) is 1. The number of carbonyl (C=O) groups excluding carboxylic acids is 1. The highest BCUT2D eigenvalue weighted by atomic mass is 35.5. The van der Waals surface area contributed by atoms with Crippen LogP contribution < -0.4 is 5.32 Å². The largest absolute Gasteiger partial charge is 0.460 e. The summed E-state index contributed by atoms with van der Waals surface area (Å²) in [7, 11) is 0. The van der Waals surface area contributed by atoms with Crippen molar-refractivity contribution >= 4 is 41.5 Å². The Bertz CT molecular complexity index is 718. The highest BCUT2D eigenvalue weighted by Crippen LogP contribution is 2.31. The van der Waals surface area contributed by atoms with E-state index >= 15 is 0 Å². The molecule has 7 heteroatoms. The predicted octanol–water partition coefficient (Wildman–Crippen LogP) is 4.78. The van der Waals surface area contributed by atoms with Gasteiger partial charge in [0.25, 0.3) is 0 Å². The van der Waals surface area contributed by atoms with Crippen molar-refractivity contribution < 1.29 is 9.21 Å². The molecule has 1 N–H and O–H groups in total. The molecule has 1 aromatic heterocycles. The van der Waals surface area contributed by atoms with E-state index in [1.807, 2.05) is 17.0 Å². The first kappa shape index (κ1) is 20.1. The number of carbonyl (C=O) groups is 1. The van der Waals surface area contributed by atoms with E-state index in [4.69, 9.17) is 27.6 Å². The van der Waals surface area contributed by atoms with E-state index in [0.29, 0.717) is 28.8 Å². The molecule has 0 unspecified atom stereocenters. The van der Waals surface area contributed by atoms with E-state index in [1.165, 1.54) is 0 Å². The van der Waals surface area contributed by atoms with Crippen molar-refractivity contribution in [3.8, 4) is 11.3 Å². The van der Waals surface area contributed by atoms with Crippen molar-refractivity contribution in [1.82, 2.24) is 10.2 Å². The maximum Gasteiger partial charge on any atom is 0.222 e. The van der Waals surface area contributed by atoms with Gasteiger partial charge < -0.3 is 14.6 Å². The Morgan fingerprint density at radius 2 is 2.04 bits per heavy atom. The Labute approximate surface area is 163 Å². The number of likely N-dealkylation sites (tertiary alicyclic amines) is 1. The van der Waals surface area contributed by atoms with Crippen molar-refractivity contribution in [2.75, 3.05) is 19.6 Å². The summed E-state index contributed by atoms with van der Waals surface area (Å²) in [6.45, 7) is 3.22. The van der Waals surface area contributed by atoms with Crippen molar-refractivity contribution in [1.29, 1.82) is 0 Å². The molecule has 3 rings (SSSR count). The summed E-state index contributed by atoms with van der Waals surface area (Å²) in [5, 5.41) is 4.58. The smallest absolute Gasteiger partial charge is 0.222 e. The molecule has 0 aliphatic carbocycles. The monoisotopic (exact) mass is 402 g/mol. The van der Waals surface area contributed by atoms with Gasteiger partial charge in [-0.3, -0.25) is 4.79 Å². The van der Waals surface area contributed by atoms with Crippen LogP contribution in [0.25, 0.3) is 11.3 Å². The zero-order valence-corrected chi connectivity index (χ0v) is 16.1. The first-order chi connectivity index (χ1) is 11.6. The molecule has 2 heterocycles. The third-order valence-corrected chi connectivity index (χ3v) is 4.67. The van der Waals surface area contributed by atoms with Gasteiger partial charge in [0.15, 0.2) is 0 Å². The molecule has 4 nitrogen and oxygen atoms in total. The van der Waals surface area contributed by atoms with Gasteiger partial charge in [-0.1, -0.05) is 23.2 Å². The van der Waals surface area contributed by atoms with Crippen molar-refractivity contribution in [2.45, 2.75) is 25.8 Å². The van der Waals surface area contributed by atoms with Gasteiger partial charge in [0.2, 0.25) is 5.91 Å². The summed E-state index contributed by atoms with van der Waals surface area (Å²) in [6.07, 6.45) is 2.64. The minimum atomic E-state index is 0. The number of halogens is 3. The van der Waals surface area contributed by atoms with Crippen LogP contribution in [0.15, 0.2) is 34.7 Å². The zero-order valence-electron chi connectivity index (χ0n) is 13.8. The summed E-state index contributed by atoms with van der Waals surface area (Å²) < 4.78 is 5.83. The van der Waals surface area contributed by atoms with Gasteiger partial charge >= 0.3 is 0 Å². The van der Waals surface area contributed by atoms with Crippen LogP contribution >= 0.6 is 35.6 Å². The predicted molar refractivity (Wildman–Crippen MR) is 104 cm³/mol. The Hall–Kier alpha value is -1.20. The summed E-state index contributed by atoms with van der Waals surface area (Å²) in [4.78, 5) is 13.5. The second-order valence-electron chi connectivity index (χ2n) is 5.90. The van der Waals surface area contributed by atoms with Crippen molar-refractivity contribution in [3.63, 3.8) is 0 Å². The molecule has 2 aromatic rings. The minimum Gasteiger partial charge on any atom is -0.460 e. The molecule has 0 spiro atoms. The Balaban J connectivity index is 0.00000225. The summed E-state index contributed by atoms with van der Waals surface area (Å²) in [6, 6.07) is 9.15. The number of amides is 1. The summed E-state index contributed by atoms with van der Waals surface area (Å²) in [5.74, 6) is 1.84. The lowest BCUT2D eigenvalue weighted by atomic mass is 10.2. The van der Waals surface area contributed by atoms with Gasteiger partial charge in [-0.15, -0.1) is 12.4 Å². The highest BCUT2D eigenvalue weighted by Gasteiger charge is 2.18. The third kappa shape index (κ3) is 5.38. The standard InChI is InChI=1S/C18H20Cl2N2O2.ClH/c19-13-4-6-16(20)15(11-13)17-7-5-14(24-17)12-21-8-2-10-22-9-1-3-18(22)23;/h4-7,11,21H,1-3,8-10,12H2;1H. The van der Waals surface area contributed by atoms with Gasteiger partial charge in [0.1, 0.15) is 11.5 Å². The first-order valence-electron chi connectivity index (χ1n) is 8.16. The van der Waals surface area contributed by atoms with Crippen LogP contribution in [-0.2, 0) is 11.3 Å². The van der Waals surface area contributed by atoms with Crippen LogP contribution in [0.3, 0.4) is 0 Å². The lowest BCUT2D eigenvalue weighted by molar-refractivity contribution is -0.127. The Morgan fingerprint density at radius 3 is 2.80 bits per heavy atom. The van der Waals surface area contributed by atoms with E-state index < -0.39 is 0 Å². The highest BCUT2D eigenvalue weighted by molar-refractivity contribution is 6.35. The molecule has 136 valence electrons. The van der Waals surface area contributed by atoms with E-state index in [9.17, 15) is 4.79 Å². The van der Waals surface area contributed by atoms with Crippen LogP contribution in [0, 0.1) is 0 Å². The second kappa shape index (κ2) is 9.48. The fourth-order valence-electron chi connectivity index (χ4n) is 2.85. The van der Waals surface area contributed by atoms with Crippen LogP contribution in [0.5, 0.6) is 0 Å². The van der Waals surface area contributed by atoms with Crippen LogP contribution in [0.4, 0.5) is 0 Å². The summed E-state index contributed by atoms with van der Waals surface area (Å²) >= 11 is 12.2. The normalized spacial score (nSPS) is 14.0. The SMILES string of the molecule is Cl.O=C1CCCN1CCCNCc1ccc(-c2cc(Cl)ccc2Cl)o1. The maximum atomic E-state index is 11.5. The van der Waals surface area contributed by atoms with Gasteiger partial charge in [-0.2, -0.15) is 0 Å². The van der Waals surface area contributed by atoms with E-state index in [0.717, 1.165) is 43.8 Å². The Kier molecular flexibility index (Phi) is 7.63. The molecule has 1 amide bonds. The average Bonchev–Trinajstić information content (AvgIpc) is 3.19. The number of hydrogen-bond acceptors (Lipinski definition) is 3. The first-order valence-corrected chi connectivity index (χ1v) is 8.92. The topological polar surface area (TPSA) is 45.5 Å². The van der Waals surface area contributed by atoms with E-state index in [-0.39, 0.29) is 18.3 Å². The number of furan rings is 1. The molecule has 0 radical (unpaired) electrons. The second-order valence-corrected chi connectivity index (χ2v) is 6.75. The maximum absolute atomic E-state index is 11.5. The molecule has 0 atom stereocenters. The molecule has 25 heavy (non-hydrogen) atoms. The molecule has 1 aromatic carbocycles. The minimum absolute atomic E-state index is 0. The molecule has 1 saturated heterocycles. The number of nitrogens with zero attached hydrogens (tertiary/aromatic N) is 1. The quantitative estimate of drug-likeness (QED) is 0.677. The molecule has 1 aliphatic rings. The number of rotatable bonds is 7. The number of benzene rings is 1. The third-order valence-electron chi connectivity index (χ3n) is 4.11. The fourth-order valence-corrected chi connectivity index (χ4v) is 3.23.